The average molecular weight is 666 g/mol. The maximum atomic E-state index is 9.51. The molecule has 0 aliphatic heterocycles. The van der Waals surface area contributed by atoms with Crippen molar-refractivity contribution >= 4 is 43.7 Å². The molecule has 0 saturated carbocycles. The number of rotatable bonds is 5. The summed E-state index contributed by atoms with van der Waals surface area (Å²) < 4.78 is 8.41. The Bertz CT molecular complexity index is 3010. The summed E-state index contributed by atoms with van der Waals surface area (Å²) in [6.07, 6.45) is 0. The summed E-state index contributed by atoms with van der Waals surface area (Å²) in [5.41, 5.74) is 10.4. The molecule has 0 aliphatic rings. The molecule has 242 valence electrons. The Balaban J connectivity index is 1.07. The monoisotopic (exact) mass is 665 g/mol. The van der Waals surface area contributed by atoms with Crippen LogP contribution in [0.2, 0.25) is 0 Å². The van der Waals surface area contributed by atoms with Gasteiger partial charge in [0.25, 0.3) is 0 Å². The highest BCUT2D eigenvalue weighted by Crippen LogP contribution is 2.36. The first-order chi connectivity index (χ1) is 25.7. The van der Waals surface area contributed by atoms with Crippen LogP contribution in [0.4, 0.5) is 0 Å². The Labute approximate surface area is 298 Å². The average Bonchev–Trinajstić information content (AvgIpc) is 3.76. The molecule has 7 aromatic carbocycles. The summed E-state index contributed by atoms with van der Waals surface area (Å²) in [5, 5.41) is 13.7. The van der Waals surface area contributed by atoms with Crippen LogP contribution < -0.4 is 0 Å². The number of benzene rings is 7. The summed E-state index contributed by atoms with van der Waals surface area (Å²) in [6.45, 7) is 0. The Morgan fingerprint density at radius 1 is 0.423 bits per heavy atom. The van der Waals surface area contributed by atoms with Crippen molar-refractivity contribution in [3.8, 4) is 57.0 Å². The van der Waals surface area contributed by atoms with Gasteiger partial charge in [0.2, 0.25) is 0 Å². The molecule has 52 heavy (non-hydrogen) atoms. The van der Waals surface area contributed by atoms with Gasteiger partial charge in [-0.05, 0) is 77.9 Å². The first kappa shape index (κ1) is 29.5. The van der Waals surface area contributed by atoms with Crippen molar-refractivity contribution in [3.63, 3.8) is 0 Å². The predicted octanol–water partition coefficient (Wildman–Crippen LogP) is 11.4. The van der Waals surface area contributed by atoms with E-state index >= 15 is 0 Å². The fourth-order valence-electron chi connectivity index (χ4n) is 7.16. The number of nitriles is 1. The van der Waals surface area contributed by atoms with Gasteiger partial charge in [-0.1, -0.05) is 97.1 Å². The molecule has 0 bridgehead atoms. The molecule has 10 aromatic rings. The van der Waals surface area contributed by atoms with E-state index in [2.05, 4.69) is 102 Å². The van der Waals surface area contributed by atoms with Gasteiger partial charge in [-0.3, -0.25) is 0 Å². The molecular weight excluding hydrogens is 639 g/mol. The third kappa shape index (κ3) is 4.92. The molecule has 3 heterocycles. The molecule has 0 atom stereocenters. The van der Waals surface area contributed by atoms with E-state index in [1.165, 1.54) is 21.8 Å². The highest BCUT2D eigenvalue weighted by atomic mass is 16.3. The fraction of sp³-hybridized carbons (Fsp3) is 0. The van der Waals surface area contributed by atoms with E-state index in [1.54, 1.807) is 6.07 Å². The van der Waals surface area contributed by atoms with Crippen molar-refractivity contribution in [2.45, 2.75) is 0 Å². The predicted molar refractivity (Wildman–Crippen MR) is 208 cm³/mol. The van der Waals surface area contributed by atoms with Gasteiger partial charge in [0.05, 0.1) is 22.7 Å². The van der Waals surface area contributed by atoms with Gasteiger partial charge < -0.3 is 8.98 Å². The van der Waals surface area contributed by atoms with Crippen LogP contribution in [-0.2, 0) is 0 Å². The van der Waals surface area contributed by atoms with Gasteiger partial charge in [0.1, 0.15) is 11.2 Å². The second-order valence-corrected chi connectivity index (χ2v) is 12.8. The molecule has 0 N–H and O–H groups in total. The molecule has 0 aliphatic carbocycles. The lowest BCUT2D eigenvalue weighted by Gasteiger charge is -2.10. The van der Waals surface area contributed by atoms with E-state index in [4.69, 9.17) is 19.4 Å². The number of aromatic nitrogens is 4. The Morgan fingerprint density at radius 2 is 0.962 bits per heavy atom. The van der Waals surface area contributed by atoms with Crippen LogP contribution >= 0.6 is 0 Å². The zero-order chi connectivity index (χ0) is 34.6. The molecule has 0 unspecified atom stereocenters. The van der Waals surface area contributed by atoms with Crippen molar-refractivity contribution in [2.24, 2.45) is 0 Å². The van der Waals surface area contributed by atoms with Gasteiger partial charge in [-0.2, -0.15) is 5.26 Å². The van der Waals surface area contributed by atoms with E-state index in [9.17, 15) is 5.26 Å². The minimum absolute atomic E-state index is 0.556. The Morgan fingerprint density at radius 3 is 1.71 bits per heavy atom. The van der Waals surface area contributed by atoms with Crippen molar-refractivity contribution in [3.05, 3.63) is 169 Å². The number of fused-ring (bicyclic) bond motifs is 6. The van der Waals surface area contributed by atoms with Gasteiger partial charge in [0, 0.05) is 43.9 Å². The third-order valence-corrected chi connectivity index (χ3v) is 9.69. The molecule has 3 aromatic heterocycles. The first-order valence-corrected chi connectivity index (χ1v) is 17.1. The van der Waals surface area contributed by atoms with Crippen LogP contribution in [0.5, 0.6) is 0 Å². The molecule has 10 rings (SSSR count). The molecule has 0 fully saturated rings. The van der Waals surface area contributed by atoms with Crippen LogP contribution in [-0.4, -0.2) is 19.5 Å². The highest BCUT2D eigenvalue weighted by Gasteiger charge is 2.16. The summed E-state index contributed by atoms with van der Waals surface area (Å²) in [6, 6.07) is 57.8. The number of nitrogens with zero attached hydrogens (tertiary/aromatic N) is 5. The number of para-hydroxylation sites is 2. The lowest BCUT2D eigenvalue weighted by atomic mass is 10.0. The quantitative estimate of drug-likeness (QED) is 0.183. The minimum atomic E-state index is 0.556. The fourth-order valence-corrected chi connectivity index (χ4v) is 7.16. The van der Waals surface area contributed by atoms with Crippen LogP contribution in [0.1, 0.15) is 5.56 Å². The molecule has 0 amide bonds. The summed E-state index contributed by atoms with van der Waals surface area (Å²) in [4.78, 5) is 14.9. The topological polar surface area (TPSA) is 80.5 Å². The lowest BCUT2D eigenvalue weighted by Crippen LogP contribution is -2.00. The van der Waals surface area contributed by atoms with Gasteiger partial charge in [0.15, 0.2) is 17.5 Å². The number of furan rings is 1. The van der Waals surface area contributed by atoms with E-state index in [-0.39, 0.29) is 0 Å². The van der Waals surface area contributed by atoms with E-state index in [0.29, 0.717) is 23.0 Å². The second-order valence-electron chi connectivity index (χ2n) is 12.8. The van der Waals surface area contributed by atoms with E-state index in [1.807, 2.05) is 66.7 Å². The normalized spacial score (nSPS) is 11.4. The first-order valence-electron chi connectivity index (χ1n) is 17.1. The van der Waals surface area contributed by atoms with E-state index < -0.39 is 0 Å². The zero-order valence-electron chi connectivity index (χ0n) is 27.7. The minimum Gasteiger partial charge on any atom is -0.456 e. The van der Waals surface area contributed by atoms with Gasteiger partial charge in [-0.15, -0.1) is 0 Å². The largest absolute Gasteiger partial charge is 0.456 e. The molecule has 6 nitrogen and oxygen atoms in total. The Hall–Kier alpha value is -7.36. The SMILES string of the molecule is N#Cc1ccc2oc3ccc(-c4nc(-c5ccccc5)nc(-c5ccc(-c6ccc7c(c6)c6ccccc6n7-c6ccccc6)cc5)n4)cc3c2c1. The maximum Gasteiger partial charge on any atom is 0.164 e. The standard InChI is InChI=1S/C46H27N5O/c47-28-29-15-23-42-38(25-29)39-27-34(21-24-43(39)52-42)46-49-44(31-9-3-1-4-10-31)48-45(50-46)32-18-16-30(17-19-32)33-20-22-41-37(26-33)36-13-7-8-14-40(36)51(41)35-11-5-2-6-12-35/h1-27H. The summed E-state index contributed by atoms with van der Waals surface area (Å²) in [5.74, 6) is 1.73. The molecule has 0 spiro atoms. The lowest BCUT2D eigenvalue weighted by molar-refractivity contribution is 0.669. The van der Waals surface area contributed by atoms with Crippen LogP contribution in [0.25, 0.3) is 94.7 Å². The molecule has 0 radical (unpaired) electrons. The van der Waals surface area contributed by atoms with Gasteiger partial charge in [-0.25, -0.2) is 15.0 Å². The highest BCUT2D eigenvalue weighted by molar-refractivity contribution is 6.10. The zero-order valence-corrected chi connectivity index (χ0v) is 27.7. The van der Waals surface area contributed by atoms with E-state index in [0.717, 1.165) is 55.4 Å². The van der Waals surface area contributed by atoms with Crippen molar-refractivity contribution in [2.75, 3.05) is 0 Å². The van der Waals surface area contributed by atoms with Crippen LogP contribution in [0.3, 0.4) is 0 Å². The Kier molecular flexibility index (Phi) is 6.76. The number of hydrogen-bond donors (Lipinski definition) is 0. The molecule has 0 saturated heterocycles. The summed E-state index contributed by atoms with van der Waals surface area (Å²) in [7, 11) is 0. The smallest absolute Gasteiger partial charge is 0.164 e. The van der Waals surface area contributed by atoms with Crippen molar-refractivity contribution in [1.82, 2.24) is 19.5 Å². The second kappa shape index (κ2) is 11.9. The van der Waals surface area contributed by atoms with Crippen molar-refractivity contribution < 1.29 is 4.42 Å². The van der Waals surface area contributed by atoms with Gasteiger partial charge >= 0.3 is 0 Å². The van der Waals surface area contributed by atoms with Crippen molar-refractivity contribution in [1.29, 1.82) is 5.26 Å². The third-order valence-electron chi connectivity index (χ3n) is 9.69. The summed E-state index contributed by atoms with van der Waals surface area (Å²) >= 11 is 0. The van der Waals surface area contributed by atoms with Crippen LogP contribution in [0.15, 0.2) is 168 Å². The molecular formula is C46H27N5O. The molecule has 6 heteroatoms. The van der Waals surface area contributed by atoms with Crippen LogP contribution in [0, 0.1) is 11.3 Å². The maximum absolute atomic E-state index is 9.51. The number of hydrogen-bond acceptors (Lipinski definition) is 5.